The number of hydrogen-bond donors (Lipinski definition) is 2. The molecule has 7 nitrogen and oxygen atoms in total. The Morgan fingerprint density at radius 2 is 2.13 bits per heavy atom. The maximum atomic E-state index is 12.8. The van der Waals surface area contributed by atoms with E-state index in [-0.39, 0.29) is 23.7 Å². The van der Waals surface area contributed by atoms with Crippen LogP contribution in [0.2, 0.25) is 0 Å². The molecule has 1 aliphatic heterocycles. The number of rotatable bonds is 8. The molecule has 2 aromatic heterocycles. The number of H-pyrrole nitrogens is 1. The minimum atomic E-state index is -0.367. The normalized spacial score (nSPS) is 16.2. The van der Waals surface area contributed by atoms with Gasteiger partial charge < -0.3 is 19.9 Å². The lowest BCUT2D eigenvalue weighted by Crippen LogP contribution is -2.45. The highest BCUT2D eigenvalue weighted by molar-refractivity contribution is 7.09. The monoisotopic (exact) mass is 445 g/mol. The smallest absolute Gasteiger partial charge is 0.355 e. The summed E-state index contributed by atoms with van der Waals surface area (Å²) in [6.45, 7) is 7.57. The highest BCUT2D eigenvalue weighted by atomic mass is 32.1. The largest absolute Gasteiger partial charge is 0.461 e. The molecule has 3 rings (SSSR count). The summed E-state index contributed by atoms with van der Waals surface area (Å²) in [6.07, 6.45) is 2.54. The highest BCUT2D eigenvalue weighted by Crippen LogP contribution is 2.22. The van der Waals surface area contributed by atoms with E-state index >= 15 is 0 Å². The first-order valence-corrected chi connectivity index (χ1v) is 11.7. The van der Waals surface area contributed by atoms with Crippen LogP contribution in [0.5, 0.6) is 0 Å². The summed E-state index contributed by atoms with van der Waals surface area (Å²) in [7, 11) is 0. The van der Waals surface area contributed by atoms with Crippen molar-refractivity contribution in [2.75, 3.05) is 19.7 Å². The molecule has 0 spiro atoms. The third-order valence-electron chi connectivity index (χ3n) is 5.82. The predicted molar refractivity (Wildman–Crippen MR) is 120 cm³/mol. The second-order valence-electron chi connectivity index (χ2n) is 7.93. The molecule has 1 saturated heterocycles. The number of aryl methyl sites for hydroxylation is 1. The van der Waals surface area contributed by atoms with Crippen LogP contribution >= 0.6 is 11.3 Å². The van der Waals surface area contributed by atoms with E-state index in [1.807, 2.05) is 36.3 Å². The van der Waals surface area contributed by atoms with Crippen LogP contribution in [0.1, 0.15) is 58.4 Å². The van der Waals surface area contributed by atoms with Crippen molar-refractivity contribution in [2.45, 2.75) is 53.0 Å². The zero-order valence-electron chi connectivity index (χ0n) is 18.5. The summed E-state index contributed by atoms with van der Waals surface area (Å²) in [5.74, 6) is -0.465. The number of carbonyl (C=O) groups excluding carboxylic acids is 3. The van der Waals surface area contributed by atoms with E-state index in [1.165, 1.54) is 0 Å². The number of amides is 2. The van der Waals surface area contributed by atoms with Crippen molar-refractivity contribution in [2.24, 2.45) is 5.92 Å². The zero-order valence-corrected chi connectivity index (χ0v) is 19.3. The lowest BCUT2D eigenvalue weighted by molar-refractivity contribution is -0.135. The molecule has 8 heteroatoms. The summed E-state index contributed by atoms with van der Waals surface area (Å²) >= 11 is 1.62. The molecule has 168 valence electrons. The number of nitrogens with one attached hydrogen (secondary N) is 2. The number of esters is 1. The Balaban J connectivity index is 1.53. The molecule has 1 atom stereocenters. The fourth-order valence-electron chi connectivity index (χ4n) is 4.11. The Morgan fingerprint density at radius 3 is 2.84 bits per heavy atom. The molecule has 0 aliphatic carbocycles. The van der Waals surface area contributed by atoms with Gasteiger partial charge in [0.2, 0.25) is 11.8 Å². The number of aromatic amines is 1. The fourth-order valence-corrected chi connectivity index (χ4v) is 4.76. The Morgan fingerprint density at radius 1 is 1.32 bits per heavy atom. The van der Waals surface area contributed by atoms with Crippen molar-refractivity contribution < 1.29 is 19.1 Å². The lowest BCUT2D eigenvalue weighted by Gasteiger charge is -2.32. The molecule has 2 N–H and O–H groups in total. The van der Waals surface area contributed by atoms with E-state index < -0.39 is 0 Å². The number of hydrogen-bond acceptors (Lipinski definition) is 5. The van der Waals surface area contributed by atoms with Crippen molar-refractivity contribution in [3.63, 3.8) is 0 Å². The van der Waals surface area contributed by atoms with Crippen molar-refractivity contribution in [3.05, 3.63) is 44.9 Å². The predicted octanol–water partition coefficient (Wildman–Crippen LogP) is 3.36. The highest BCUT2D eigenvalue weighted by Gasteiger charge is 2.28. The Kier molecular flexibility index (Phi) is 7.90. The maximum Gasteiger partial charge on any atom is 0.355 e. The molecule has 31 heavy (non-hydrogen) atoms. The topological polar surface area (TPSA) is 91.5 Å². The van der Waals surface area contributed by atoms with Crippen LogP contribution < -0.4 is 5.32 Å². The quantitative estimate of drug-likeness (QED) is 0.610. The molecule has 1 aliphatic rings. The summed E-state index contributed by atoms with van der Waals surface area (Å²) in [4.78, 5) is 43.5. The van der Waals surface area contributed by atoms with Crippen LogP contribution in [0, 0.1) is 19.8 Å². The Hall–Kier alpha value is -2.61. The van der Waals surface area contributed by atoms with Gasteiger partial charge in [-0.05, 0) is 62.6 Å². The van der Waals surface area contributed by atoms with Crippen LogP contribution in [0.3, 0.4) is 0 Å². The van der Waals surface area contributed by atoms with Gasteiger partial charge in [-0.25, -0.2) is 4.79 Å². The van der Waals surface area contributed by atoms with Crippen LogP contribution in [0.25, 0.3) is 0 Å². The summed E-state index contributed by atoms with van der Waals surface area (Å²) in [6, 6.07) is 3.97. The third-order valence-corrected chi connectivity index (χ3v) is 6.70. The van der Waals surface area contributed by atoms with E-state index in [4.69, 9.17) is 4.74 Å². The van der Waals surface area contributed by atoms with Gasteiger partial charge in [0, 0.05) is 30.1 Å². The van der Waals surface area contributed by atoms with Crippen molar-refractivity contribution in [1.82, 2.24) is 15.2 Å². The number of thiophene rings is 1. The molecule has 0 radical (unpaired) electrons. The van der Waals surface area contributed by atoms with E-state index in [0.717, 1.165) is 34.5 Å². The molecular formula is C23H31N3O4S. The molecule has 0 saturated carbocycles. The minimum Gasteiger partial charge on any atom is -0.461 e. The lowest BCUT2D eigenvalue weighted by atomic mass is 9.96. The maximum absolute atomic E-state index is 12.8. The number of ether oxygens (including phenoxy) is 1. The minimum absolute atomic E-state index is 0.0160. The summed E-state index contributed by atoms with van der Waals surface area (Å²) in [5.41, 5.74) is 3.17. The van der Waals surface area contributed by atoms with Gasteiger partial charge in [0.15, 0.2) is 0 Å². The van der Waals surface area contributed by atoms with Gasteiger partial charge in [0.05, 0.1) is 19.1 Å². The third kappa shape index (κ3) is 5.76. The number of piperidine rings is 1. The zero-order chi connectivity index (χ0) is 22.4. The van der Waals surface area contributed by atoms with E-state index in [1.54, 1.807) is 18.3 Å². The van der Waals surface area contributed by atoms with E-state index in [2.05, 4.69) is 10.3 Å². The van der Waals surface area contributed by atoms with Crippen LogP contribution in [-0.4, -0.2) is 47.4 Å². The van der Waals surface area contributed by atoms with E-state index in [0.29, 0.717) is 44.8 Å². The SMILES string of the molecule is CCOC(=O)c1[nH]c(C)c(CCC(=O)N2CCC[C@@H](C(=O)NCc3cccs3)C2)c1C. The van der Waals surface area contributed by atoms with Gasteiger partial charge in [-0.2, -0.15) is 0 Å². The van der Waals surface area contributed by atoms with Crippen molar-refractivity contribution in [3.8, 4) is 0 Å². The average Bonchev–Trinajstić information content (AvgIpc) is 3.38. The van der Waals surface area contributed by atoms with Gasteiger partial charge in [-0.15, -0.1) is 11.3 Å². The first kappa shape index (κ1) is 23.1. The van der Waals surface area contributed by atoms with Crippen LogP contribution in [0.15, 0.2) is 17.5 Å². The van der Waals surface area contributed by atoms with Gasteiger partial charge >= 0.3 is 5.97 Å². The number of carbonyl (C=O) groups is 3. The molecular weight excluding hydrogens is 414 g/mol. The van der Waals surface area contributed by atoms with Crippen molar-refractivity contribution in [1.29, 1.82) is 0 Å². The van der Waals surface area contributed by atoms with E-state index in [9.17, 15) is 14.4 Å². The van der Waals surface area contributed by atoms with Crippen molar-refractivity contribution >= 4 is 29.1 Å². The number of likely N-dealkylation sites (tertiary alicyclic amines) is 1. The van der Waals surface area contributed by atoms with Gasteiger partial charge in [0.25, 0.3) is 0 Å². The molecule has 1 fully saturated rings. The standard InChI is InChI=1S/C23H31N3O4S/c1-4-30-23(29)21-15(2)19(16(3)25-21)9-10-20(27)26-11-5-7-17(14-26)22(28)24-13-18-8-6-12-31-18/h6,8,12,17,25H,4-5,7,9-11,13-14H2,1-3H3,(H,24,28)/t17-/m1/s1. The Bertz CT molecular complexity index is 920. The second kappa shape index (κ2) is 10.6. The van der Waals surface area contributed by atoms with Crippen LogP contribution in [0.4, 0.5) is 0 Å². The van der Waals surface area contributed by atoms with Crippen LogP contribution in [-0.2, 0) is 27.3 Å². The first-order chi connectivity index (χ1) is 14.9. The average molecular weight is 446 g/mol. The second-order valence-corrected chi connectivity index (χ2v) is 8.96. The number of nitrogens with zero attached hydrogens (tertiary/aromatic N) is 1. The molecule has 0 unspecified atom stereocenters. The number of aromatic nitrogens is 1. The molecule has 2 aromatic rings. The molecule has 3 heterocycles. The first-order valence-electron chi connectivity index (χ1n) is 10.8. The summed E-state index contributed by atoms with van der Waals surface area (Å²) in [5, 5.41) is 4.99. The van der Waals surface area contributed by atoms with Gasteiger partial charge in [-0.3, -0.25) is 9.59 Å². The Labute approximate surface area is 187 Å². The fraction of sp³-hybridized carbons (Fsp3) is 0.522. The van der Waals surface area contributed by atoms with Gasteiger partial charge in [-0.1, -0.05) is 6.07 Å². The molecule has 0 aromatic carbocycles. The van der Waals surface area contributed by atoms with Gasteiger partial charge in [0.1, 0.15) is 5.69 Å². The molecule has 2 amide bonds. The summed E-state index contributed by atoms with van der Waals surface area (Å²) < 4.78 is 5.09. The molecule has 0 bridgehead atoms.